The number of halogens is 1. The first kappa shape index (κ1) is 13.4. The van der Waals surface area contributed by atoms with Crippen LogP contribution in [0.1, 0.15) is 5.56 Å². The van der Waals surface area contributed by atoms with Crippen LogP contribution in [0.4, 0.5) is 0 Å². The molecule has 0 saturated carbocycles. The molecule has 18 heavy (non-hydrogen) atoms. The number of carbonyl (C=O) groups is 1. The van der Waals surface area contributed by atoms with Gasteiger partial charge >= 0.3 is 0 Å². The van der Waals surface area contributed by atoms with Crippen LogP contribution in [0.5, 0.6) is 0 Å². The van der Waals surface area contributed by atoms with Gasteiger partial charge in [-0.2, -0.15) is 0 Å². The number of sulfone groups is 1. The fourth-order valence-electron chi connectivity index (χ4n) is 1.88. The van der Waals surface area contributed by atoms with Gasteiger partial charge in [0.25, 0.3) is 0 Å². The highest BCUT2D eigenvalue weighted by molar-refractivity contribution is 7.91. The zero-order chi connectivity index (χ0) is 13.2. The zero-order valence-corrected chi connectivity index (χ0v) is 11.4. The van der Waals surface area contributed by atoms with Crippen LogP contribution in [0, 0.1) is 0 Å². The lowest BCUT2D eigenvalue weighted by Gasteiger charge is -2.26. The third-order valence-electron chi connectivity index (χ3n) is 3.00. The smallest absolute Gasteiger partial charge is 0.227 e. The molecule has 4 nitrogen and oxygen atoms in total. The largest absolute Gasteiger partial charge is 0.340 e. The molecule has 98 valence electrons. The number of nitrogens with zero attached hydrogens (tertiary/aromatic N) is 1. The quantitative estimate of drug-likeness (QED) is 0.820. The molecular formula is C12H14ClNO3S. The second kappa shape index (κ2) is 5.28. The maximum Gasteiger partial charge on any atom is 0.227 e. The van der Waals surface area contributed by atoms with Crippen LogP contribution in [0.15, 0.2) is 24.3 Å². The minimum atomic E-state index is -2.95. The van der Waals surface area contributed by atoms with Gasteiger partial charge in [0.2, 0.25) is 5.91 Å². The molecule has 0 atom stereocenters. The van der Waals surface area contributed by atoms with Crippen molar-refractivity contribution in [2.24, 2.45) is 0 Å². The molecule has 0 aliphatic carbocycles. The van der Waals surface area contributed by atoms with Crippen molar-refractivity contribution in [1.29, 1.82) is 0 Å². The van der Waals surface area contributed by atoms with Gasteiger partial charge in [0.1, 0.15) is 0 Å². The maximum absolute atomic E-state index is 12.0. The van der Waals surface area contributed by atoms with E-state index in [4.69, 9.17) is 11.6 Å². The molecule has 0 bridgehead atoms. The first-order chi connectivity index (χ1) is 8.48. The summed E-state index contributed by atoms with van der Waals surface area (Å²) in [5.74, 6) is 0.0423. The zero-order valence-electron chi connectivity index (χ0n) is 9.80. The number of hydrogen-bond acceptors (Lipinski definition) is 3. The van der Waals surface area contributed by atoms with E-state index in [1.54, 1.807) is 17.0 Å². The minimum absolute atomic E-state index is 0.0568. The molecule has 0 aromatic heterocycles. The van der Waals surface area contributed by atoms with E-state index in [2.05, 4.69) is 0 Å². The second-order valence-electron chi connectivity index (χ2n) is 4.30. The van der Waals surface area contributed by atoms with Crippen molar-refractivity contribution >= 4 is 27.3 Å². The molecule has 1 aromatic rings. The molecule has 0 N–H and O–H groups in total. The van der Waals surface area contributed by atoms with Gasteiger partial charge in [-0.05, 0) is 11.6 Å². The normalized spacial score (nSPS) is 18.6. The molecule has 1 aliphatic heterocycles. The molecule has 6 heteroatoms. The van der Waals surface area contributed by atoms with Gasteiger partial charge in [0.05, 0.1) is 17.9 Å². The average Bonchev–Trinajstić information content (AvgIpc) is 2.32. The lowest BCUT2D eigenvalue weighted by molar-refractivity contribution is -0.130. The number of rotatable bonds is 2. The van der Waals surface area contributed by atoms with E-state index in [1.807, 2.05) is 12.1 Å². The van der Waals surface area contributed by atoms with Crippen LogP contribution in [-0.4, -0.2) is 43.8 Å². The van der Waals surface area contributed by atoms with E-state index >= 15 is 0 Å². The third-order valence-corrected chi connectivity index (χ3v) is 4.97. The van der Waals surface area contributed by atoms with Crippen molar-refractivity contribution in [3.8, 4) is 0 Å². The van der Waals surface area contributed by atoms with E-state index in [-0.39, 0.29) is 36.9 Å². The van der Waals surface area contributed by atoms with Crippen molar-refractivity contribution in [2.75, 3.05) is 24.6 Å². The van der Waals surface area contributed by atoms with Crippen LogP contribution in [0.2, 0.25) is 5.02 Å². The van der Waals surface area contributed by atoms with Crippen molar-refractivity contribution in [2.45, 2.75) is 6.42 Å². The molecule has 1 aliphatic rings. The summed E-state index contributed by atoms with van der Waals surface area (Å²) in [6.45, 7) is 0.567. The predicted molar refractivity (Wildman–Crippen MR) is 70.4 cm³/mol. The van der Waals surface area contributed by atoms with Gasteiger partial charge < -0.3 is 4.90 Å². The van der Waals surface area contributed by atoms with Crippen LogP contribution >= 0.6 is 11.6 Å². The van der Waals surface area contributed by atoms with Gasteiger partial charge in [-0.25, -0.2) is 8.42 Å². The van der Waals surface area contributed by atoms with E-state index in [0.717, 1.165) is 5.56 Å². The number of benzene rings is 1. The summed E-state index contributed by atoms with van der Waals surface area (Å²) < 4.78 is 22.5. The molecule has 1 amide bonds. The summed E-state index contributed by atoms with van der Waals surface area (Å²) in [7, 11) is -2.95. The molecule has 2 rings (SSSR count). The van der Waals surface area contributed by atoms with E-state index in [9.17, 15) is 13.2 Å². The molecule has 1 heterocycles. The first-order valence-electron chi connectivity index (χ1n) is 5.69. The van der Waals surface area contributed by atoms with Crippen LogP contribution in [0.3, 0.4) is 0 Å². The summed E-state index contributed by atoms with van der Waals surface area (Å²) in [5.41, 5.74) is 0.776. The lowest BCUT2D eigenvalue weighted by atomic mass is 10.1. The Morgan fingerprint density at radius 1 is 1.22 bits per heavy atom. The van der Waals surface area contributed by atoms with Gasteiger partial charge in [-0.15, -0.1) is 0 Å². The van der Waals surface area contributed by atoms with Crippen LogP contribution in [-0.2, 0) is 21.1 Å². The maximum atomic E-state index is 12.0. The van der Waals surface area contributed by atoms with E-state index in [0.29, 0.717) is 5.02 Å². The Morgan fingerprint density at radius 3 is 2.44 bits per heavy atom. The standard InChI is InChI=1S/C12H14ClNO3S/c13-11-4-2-1-3-10(11)9-12(15)14-5-7-18(16,17)8-6-14/h1-4H,5-9H2. The van der Waals surface area contributed by atoms with Gasteiger partial charge in [-0.3, -0.25) is 4.79 Å². The Morgan fingerprint density at radius 2 is 1.83 bits per heavy atom. The molecule has 1 saturated heterocycles. The van der Waals surface area contributed by atoms with Crippen molar-refractivity contribution in [1.82, 2.24) is 4.90 Å². The Bertz CT molecular complexity index is 542. The molecular weight excluding hydrogens is 274 g/mol. The SMILES string of the molecule is O=C(Cc1ccccc1Cl)N1CCS(=O)(=O)CC1. The van der Waals surface area contributed by atoms with Gasteiger partial charge in [-0.1, -0.05) is 29.8 Å². The number of hydrogen-bond donors (Lipinski definition) is 0. The second-order valence-corrected chi connectivity index (χ2v) is 7.01. The fraction of sp³-hybridized carbons (Fsp3) is 0.417. The topological polar surface area (TPSA) is 54.5 Å². The van der Waals surface area contributed by atoms with Crippen molar-refractivity contribution in [3.05, 3.63) is 34.9 Å². The Labute approximate surface area is 111 Å². The minimum Gasteiger partial charge on any atom is -0.340 e. The fourth-order valence-corrected chi connectivity index (χ4v) is 3.28. The molecule has 0 unspecified atom stereocenters. The summed E-state index contributed by atoms with van der Waals surface area (Å²) in [6.07, 6.45) is 0.222. The van der Waals surface area contributed by atoms with Gasteiger partial charge in [0, 0.05) is 18.1 Å². The monoisotopic (exact) mass is 287 g/mol. The van der Waals surface area contributed by atoms with Crippen molar-refractivity contribution in [3.63, 3.8) is 0 Å². The Kier molecular flexibility index (Phi) is 3.92. The number of carbonyl (C=O) groups excluding carboxylic acids is 1. The molecule has 1 aromatic carbocycles. The molecule has 1 fully saturated rings. The van der Waals surface area contributed by atoms with E-state index in [1.165, 1.54) is 0 Å². The Balaban J connectivity index is 2.00. The predicted octanol–water partition coefficient (Wildman–Crippen LogP) is 1.14. The highest BCUT2D eigenvalue weighted by atomic mass is 35.5. The molecule has 0 spiro atoms. The van der Waals surface area contributed by atoms with Crippen LogP contribution < -0.4 is 0 Å². The first-order valence-corrected chi connectivity index (χ1v) is 7.89. The Hall–Kier alpha value is -1.07. The van der Waals surface area contributed by atoms with Crippen molar-refractivity contribution < 1.29 is 13.2 Å². The lowest BCUT2D eigenvalue weighted by Crippen LogP contribution is -2.44. The molecule has 0 radical (unpaired) electrons. The van der Waals surface area contributed by atoms with Crippen LogP contribution in [0.25, 0.3) is 0 Å². The summed E-state index contributed by atoms with van der Waals surface area (Å²) in [5, 5.41) is 0.565. The van der Waals surface area contributed by atoms with E-state index < -0.39 is 9.84 Å². The average molecular weight is 288 g/mol. The summed E-state index contributed by atoms with van der Waals surface area (Å²) in [6, 6.07) is 7.19. The van der Waals surface area contributed by atoms with Gasteiger partial charge in [0.15, 0.2) is 9.84 Å². The summed E-state index contributed by atoms with van der Waals surface area (Å²) in [4.78, 5) is 13.6. The summed E-state index contributed by atoms with van der Waals surface area (Å²) >= 11 is 5.99. The third kappa shape index (κ3) is 3.23. The number of amides is 1. The highest BCUT2D eigenvalue weighted by Gasteiger charge is 2.25. The highest BCUT2D eigenvalue weighted by Crippen LogP contribution is 2.16.